The minimum atomic E-state index is -3.05. The molecule has 3 N–H and O–H groups in total. The van der Waals surface area contributed by atoms with E-state index in [4.69, 9.17) is 4.43 Å². The fraction of sp³-hybridized carbons (Fsp3) is 0.571. The van der Waals surface area contributed by atoms with Gasteiger partial charge in [0, 0.05) is 0 Å². The third-order valence-corrected chi connectivity index (χ3v) is 7.12. The average molecular weight is 315 g/mol. The Bertz CT molecular complexity index is 448. The minimum Gasteiger partial charge on any atom is -0.429 e. The van der Waals surface area contributed by atoms with Crippen LogP contribution in [0.25, 0.3) is 0 Å². The Hall–Kier alpha value is -0.506. The zero-order chi connectivity index (χ0) is 15.8. The maximum atomic E-state index is 11.3. The van der Waals surface area contributed by atoms with Gasteiger partial charge in [-0.05, 0) is 45.6 Å². The summed E-state index contributed by atoms with van der Waals surface area (Å²) in [5.41, 5.74) is -0.481. The predicted octanol–water partition coefficient (Wildman–Crippen LogP) is 2.10. The molecule has 0 spiro atoms. The molecule has 1 aromatic carbocycles. The number of benzene rings is 1. The maximum Gasteiger partial charge on any atom is 0.329 e. The highest BCUT2D eigenvalue weighted by molar-refractivity contribution is 6.73. The molecule has 1 atom stereocenters. The first-order chi connectivity index (χ1) is 8.81. The van der Waals surface area contributed by atoms with E-state index in [-0.39, 0.29) is 0 Å². The molecule has 0 saturated heterocycles. The van der Waals surface area contributed by atoms with E-state index in [0.29, 0.717) is 5.56 Å². The zero-order valence-electron chi connectivity index (χ0n) is 13.1. The largest absolute Gasteiger partial charge is 0.429 e. The molecule has 0 bridgehead atoms. The highest BCUT2D eigenvalue weighted by Crippen LogP contribution is 2.42. The lowest BCUT2D eigenvalue weighted by Gasteiger charge is -2.50. The fourth-order valence-electron chi connectivity index (χ4n) is 2.82. The first-order valence-electron chi connectivity index (χ1n) is 6.74. The van der Waals surface area contributed by atoms with Crippen LogP contribution in [0.4, 0.5) is 0 Å². The highest BCUT2D eigenvalue weighted by Gasteiger charge is 2.58. The van der Waals surface area contributed by atoms with Gasteiger partial charge in [-0.25, -0.2) is 0 Å². The van der Waals surface area contributed by atoms with Crippen LogP contribution in [0, 0.1) is 0 Å². The van der Waals surface area contributed by atoms with Gasteiger partial charge in [-0.15, -0.1) is 0 Å². The topological polar surface area (TPSA) is 69.9 Å². The van der Waals surface area contributed by atoms with E-state index in [1.165, 1.54) is 0 Å². The molecule has 1 aromatic rings. The van der Waals surface area contributed by atoms with Crippen LogP contribution in [0.2, 0.25) is 26.2 Å². The van der Waals surface area contributed by atoms with Crippen molar-refractivity contribution in [1.29, 1.82) is 0 Å². The number of rotatable bonds is 5. The summed E-state index contributed by atoms with van der Waals surface area (Å²) in [4.78, 5) is 20.7. The van der Waals surface area contributed by atoms with Gasteiger partial charge >= 0.3 is 8.56 Å². The Morgan fingerprint density at radius 1 is 0.950 bits per heavy atom. The second-order valence-corrected chi connectivity index (χ2v) is 13.6. The molecule has 0 aliphatic heterocycles. The summed E-state index contributed by atoms with van der Waals surface area (Å²) in [5.74, 6) is 0. The molecule has 0 aliphatic carbocycles. The van der Waals surface area contributed by atoms with E-state index in [0.717, 1.165) is 0 Å². The molecular formula is C14H26O4Si2. The van der Waals surface area contributed by atoms with Crippen LogP contribution in [-0.2, 0) is 9.65 Å². The lowest BCUT2D eigenvalue weighted by molar-refractivity contribution is -0.0927. The van der Waals surface area contributed by atoms with Crippen LogP contribution in [0.5, 0.6) is 0 Å². The molecule has 0 aromatic heterocycles. The van der Waals surface area contributed by atoms with E-state index < -0.39 is 27.7 Å². The van der Waals surface area contributed by atoms with Gasteiger partial charge in [0.2, 0.25) is 8.32 Å². The number of hydrogen-bond acceptors (Lipinski definition) is 4. The molecule has 114 valence electrons. The molecule has 0 fully saturated rings. The lowest BCUT2D eigenvalue weighted by atomic mass is 9.93. The van der Waals surface area contributed by atoms with Crippen molar-refractivity contribution in [3.8, 4) is 0 Å². The molecule has 1 unspecified atom stereocenters. The van der Waals surface area contributed by atoms with Gasteiger partial charge in [-0.3, -0.25) is 0 Å². The number of hydrogen-bond donors (Lipinski definition) is 3. The summed E-state index contributed by atoms with van der Waals surface area (Å²) in [5, 5.41) is 9.79. The monoisotopic (exact) mass is 314 g/mol. The van der Waals surface area contributed by atoms with Crippen molar-refractivity contribution >= 4 is 16.9 Å². The molecule has 4 nitrogen and oxygen atoms in total. The van der Waals surface area contributed by atoms with Gasteiger partial charge in [0.1, 0.15) is 5.22 Å². The molecule has 0 radical (unpaired) electrons. The summed E-state index contributed by atoms with van der Waals surface area (Å²) in [7, 11) is -5.91. The molecule has 20 heavy (non-hydrogen) atoms. The summed E-state index contributed by atoms with van der Waals surface area (Å²) in [6.07, 6.45) is 0. The SMILES string of the molecule is CC(C)(O[Si](C)(C)O)C(O)(c1ccccc1)[Si](C)(C)O. The Labute approximate surface area is 123 Å². The summed E-state index contributed by atoms with van der Waals surface area (Å²) in [6, 6.07) is 9.05. The van der Waals surface area contributed by atoms with Crippen molar-refractivity contribution in [1.82, 2.24) is 0 Å². The quantitative estimate of drug-likeness (QED) is 0.728. The molecular weight excluding hydrogens is 288 g/mol. The standard InChI is InChI=1S/C14H26O4Si2/c1-13(2,18-20(5,6)17)14(15,19(3,4)16)12-10-8-7-9-11-12/h7-11,15-17H,1-6H3. The van der Waals surface area contributed by atoms with E-state index in [1.54, 1.807) is 52.2 Å². The highest BCUT2D eigenvalue weighted by atomic mass is 28.4. The van der Waals surface area contributed by atoms with Crippen LogP contribution in [0.1, 0.15) is 19.4 Å². The third-order valence-electron chi connectivity index (χ3n) is 3.45. The summed E-state index contributed by atoms with van der Waals surface area (Å²) >= 11 is 0. The summed E-state index contributed by atoms with van der Waals surface area (Å²) in [6.45, 7) is 10.1. The second-order valence-electron chi connectivity index (χ2n) is 6.69. The Balaban J connectivity index is 3.41. The molecule has 0 aliphatic rings. The van der Waals surface area contributed by atoms with Gasteiger partial charge in [0.15, 0.2) is 0 Å². The summed E-state index contributed by atoms with van der Waals surface area (Å²) < 4.78 is 5.79. The van der Waals surface area contributed by atoms with Crippen molar-refractivity contribution in [2.75, 3.05) is 0 Å². The normalized spacial score (nSPS) is 16.9. The van der Waals surface area contributed by atoms with Gasteiger partial charge < -0.3 is 19.1 Å². The van der Waals surface area contributed by atoms with Crippen LogP contribution >= 0.6 is 0 Å². The average Bonchev–Trinajstić information content (AvgIpc) is 2.24. The van der Waals surface area contributed by atoms with Crippen molar-refractivity contribution in [3.63, 3.8) is 0 Å². The smallest absolute Gasteiger partial charge is 0.329 e. The lowest BCUT2D eigenvalue weighted by Crippen LogP contribution is -2.66. The van der Waals surface area contributed by atoms with E-state index in [9.17, 15) is 14.7 Å². The first-order valence-corrected chi connectivity index (χ1v) is 12.5. The second kappa shape index (κ2) is 5.36. The van der Waals surface area contributed by atoms with Crippen molar-refractivity contribution in [3.05, 3.63) is 35.9 Å². The molecule has 0 saturated carbocycles. The molecule has 0 heterocycles. The van der Waals surface area contributed by atoms with Crippen LogP contribution in [0.15, 0.2) is 30.3 Å². The fourth-order valence-corrected chi connectivity index (χ4v) is 6.71. The van der Waals surface area contributed by atoms with Crippen LogP contribution < -0.4 is 0 Å². The Morgan fingerprint density at radius 3 is 1.75 bits per heavy atom. The molecule has 0 amide bonds. The van der Waals surface area contributed by atoms with Crippen molar-refractivity contribution in [2.24, 2.45) is 0 Å². The Kier molecular flexibility index (Phi) is 4.70. The molecule has 6 heteroatoms. The van der Waals surface area contributed by atoms with E-state index in [1.807, 2.05) is 18.2 Å². The van der Waals surface area contributed by atoms with Crippen molar-refractivity contribution in [2.45, 2.75) is 50.9 Å². The maximum absolute atomic E-state index is 11.3. The van der Waals surface area contributed by atoms with E-state index in [2.05, 4.69) is 0 Å². The van der Waals surface area contributed by atoms with Gasteiger partial charge in [0.05, 0.1) is 5.60 Å². The minimum absolute atomic E-state index is 0.613. The Morgan fingerprint density at radius 2 is 1.40 bits per heavy atom. The van der Waals surface area contributed by atoms with Gasteiger partial charge in [-0.1, -0.05) is 30.3 Å². The third kappa shape index (κ3) is 3.39. The van der Waals surface area contributed by atoms with E-state index >= 15 is 0 Å². The van der Waals surface area contributed by atoms with Gasteiger partial charge in [-0.2, -0.15) is 0 Å². The van der Waals surface area contributed by atoms with Crippen molar-refractivity contribution < 1.29 is 19.1 Å². The zero-order valence-corrected chi connectivity index (χ0v) is 15.1. The number of aliphatic hydroxyl groups is 1. The van der Waals surface area contributed by atoms with Crippen LogP contribution in [-0.4, -0.2) is 37.2 Å². The van der Waals surface area contributed by atoms with Gasteiger partial charge in [0.25, 0.3) is 0 Å². The van der Waals surface area contributed by atoms with Crippen LogP contribution in [0.3, 0.4) is 0 Å². The first kappa shape index (κ1) is 17.5. The predicted molar refractivity (Wildman–Crippen MR) is 84.9 cm³/mol. The molecule has 1 rings (SSSR count).